The summed E-state index contributed by atoms with van der Waals surface area (Å²) in [5, 5.41) is 8.06. The molecule has 0 radical (unpaired) electrons. The van der Waals surface area contributed by atoms with Crippen LogP contribution in [0.1, 0.15) is 30.5 Å². The zero-order valence-corrected chi connectivity index (χ0v) is 29.4. The zero-order valence-electron chi connectivity index (χ0n) is 27.6. The van der Waals surface area contributed by atoms with Crippen LogP contribution in [0.2, 0.25) is 0 Å². The summed E-state index contributed by atoms with van der Waals surface area (Å²) in [5.74, 6) is -0.965. The van der Waals surface area contributed by atoms with Gasteiger partial charge in [0.2, 0.25) is 0 Å². The van der Waals surface area contributed by atoms with E-state index >= 15 is 0 Å². The Bertz CT molecular complexity index is 1770. The topological polar surface area (TPSA) is 18.5 Å². The van der Waals surface area contributed by atoms with Gasteiger partial charge in [0.05, 0.1) is 0 Å². The molecule has 0 aliphatic heterocycles. The fourth-order valence-electron chi connectivity index (χ4n) is 7.06. The number of methoxy groups -OCH3 is 2. The lowest BCUT2D eigenvalue weighted by Crippen LogP contribution is -2.45. The van der Waals surface area contributed by atoms with Gasteiger partial charge in [-0.1, -0.05) is 146 Å². The van der Waals surface area contributed by atoms with Crippen molar-refractivity contribution < 1.29 is 9.47 Å². The van der Waals surface area contributed by atoms with Crippen molar-refractivity contribution in [3.63, 3.8) is 0 Å². The average molecular weight is 641 g/mol. The third kappa shape index (κ3) is 5.97. The molecule has 0 bridgehead atoms. The molecular weight excluding hydrogens is 598 g/mol. The van der Waals surface area contributed by atoms with Gasteiger partial charge in [-0.2, -0.15) is 0 Å². The van der Waals surface area contributed by atoms with Crippen molar-refractivity contribution in [2.24, 2.45) is 5.92 Å². The zero-order chi connectivity index (χ0) is 32.3. The Morgan fingerprint density at radius 3 is 1.39 bits per heavy atom. The van der Waals surface area contributed by atoms with E-state index in [1.54, 1.807) is 14.2 Å². The minimum Gasteiger partial charge on any atom is -0.349 e. The van der Waals surface area contributed by atoms with Gasteiger partial charge >= 0.3 is 0 Å². The van der Waals surface area contributed by atoms with Gasteiger partial charge in [-0.25, -0.2) is 0 Å². The lowest BCUT2D eigenvalue weighted by Gasteiger charge is -2.44. The van der Waals surface area contributed by atoms with Crippen LogP contribution in [0.4, 0.5) is 0 Å². The second kappa shape index (κ2) is 14.0. The van der Waals surface area contributed by atoms with Gasteiger partial charge in [0.1, 0.15) is 0 Å². The fraction of sp³-hybridized carbons (Fsp3) is 0.190. The minimum atomic E-state index is -0.898. The number of hydrogen-bond acceptors (Lipinski definition) is 2. The van der Waals surface area contributed by atoms with Crippen LogP contribution in [-0.2, 0) is 9.47 Å². The molecule has 2 nitrogen and oxygen atoms in total. The number of hydrogen-bond donors (Lipinski definition) is 0. The van der Waals surface area contributed by atoms with Crippen molar-refractivity contribution in [2.75, 3.05) is 14.2 Å². The quantitative estimate of drug-likeness (QED) is 0.119. The number of benzene rings is 5. The monoisotopic (exact) mass is 640 g/mol. The van der Waals surface area contributed by atoms with E-state index in [4.69, 9.17) is 9.47 Å². The molecule has 1 aliphatic rings. The molecule has 1 unspecified atom stereocenters. The van der Waals surface area contributed by atoms with Crippen LogP contribution in [0.25, 0.3) is 5.57 Å². The normalized spacial score (nSPS) is 16.2. The van der Waals surface area contributed by atoms with Crippen LogP contribution in [0.3, 0.4) is 0 Å². The van der Waals surface area contributed by atoms with E-state index in [0.29, 0.717) is 0 Å². The van der Waals surface area contributed by atoms with Crippen molar-refractivity contribution in [1.82, 2.24) is 0 Å². The smallest absolute Gasteiger partial charge is 0.197 e. The summed E-state index contributed by atoms with van der Waals surface area (Å²) >= 11 is 0. The summed E-state index contributed by atoms with van der Waals surface area (Å²) in [6.45, 7) is 8.96. The summed E-state index contributed by atoms with van der Waals surface area (Å²) in [4.78, 5) is 0. The Hall–Kier alpha value is -3.64. The third-order valence-electron chi connectivity index (χ3n) is 9.06. The highest BCUT2D eigenvalue weighted by molar-refractivity contribution is 7.80. The Morgan fingerprint density at radius 2 is 0.978 bits per heavy atom. The lowest BCUT2D eigenvalue weighted by atomic mass is 9.78. The van der Waals surface area contributed by atoms with E-state index in [2.05, 4.69) is 167 Å². The second-order valence-electron chi connectivity index (χ2n) is 11.9. The molecule has 46 heavy (non-hydrogen) atoms. The highest BCUT2D eigenvalue weighted by atomic mass is 31.1. The average Bonchev–Trinajstić information content (AvgIpc) is 3.08. The van der Waals surface area contributed by atoms with Crippen molar-refractivity contribution in [3.8, 4) is 0 Å². The van der Waals surface area contributed by atoms with Crippen LogP contribution in [0, 0.1) is 19.8 Å². The maximum atomic E-state index is 6.36. The molecule has 0 spiro atoms. The van der Waals surface area contributed by atoms with Crippen LogP contribution in [-0.4, -0.2) is 20.0 Å². The molecule has 6 rings (SSSR count). The Morgan fingerprint density at radius 1 is 0.565 bits per heavy atom. The van der Waals surface area contributed by atoms with Gasteiger partial charge < -0.3 is 9.47 Å². The molecule has 0 fully saturated rings. The molecule has 0 N–H and O–H groups in total. The summed E-state index contributed by atoms with van der Waals surface area (Å²) in [7, 11) is 1.79. The first-order valence-corrected chi connectivity index (χ1v) is 18.5. The molecule has 0 saturated heterocycles. The predicted octanol–water partition coefficient (Wildman–Crippen LogP) is 8.49. The number of rotatable bonds is 9. The number of allylic oxidation sites excluding steroid dienone is 2. The Balaban J connectivity index is 1.75. The molecule has 1 aliphatic carbocycles. The standard InChI is InChI=1S/C42H42O2P2/c1-30-27-31(2)40(38(28-30)45(34-19-11-7-12-20-34)35-21-13-8-14-22-35)41-33(4)42(43-5,44-6)32(3)29-39(41)46(36-23-15-9-16-24-36)37-25-17-10-18-26-37/h7-29,33H,1-6H3. The van der Waals surface area contributed by atoms with Crippen molar-refractivity contribution in [1.29, 1.82) is 0 Å². The largest absolute Gasteiger partial charge is 0.349 e. The van der Waals surface area contributed by atoms with Crippen LogP contribution in [0.5, 0.6) is 0 Å². The van der Waals surface area contributed by atoms with E-state index in [9.17, 15) is 0 Å². The van der Waals surface area contributed by atoms with Crippen LogP contribution < -0.4 is 26.5 Å². The first kappa shape index (κ1) is 32.3. The molecule has 4 heteroatoms. The summed E-state index contributed by atoms with van der Waals surface area (Å²) in [6, 6.07) is 48.9. The Kier molecular flexibility index (Phi) is 9.84. The molecule has 0 saturated carbocycles. The van der Waals surface area contributed by atoms with Crippen molar-refractivity contribution >= 4 is 47.9 Å². The maximum absolute atomic E-state index is 6.36. The third-order valence-corrected chi connectivity index (χ3v) is 14.0. The van der Waals surface area contributed by atoms with E-state index < -0.39 is 21.6 Å². The lowest BCUT2D eigenvalue weighted by molar-refractivity contribution is -0.197. The van der Waals surface area contributed by atoms with Gasteiger partial charge in [0.15, 0.2) is 5.79 Å². The van der Waals surface area contributed by atoms with Crippen LogP contribution >= 0.6 is 15.8 Å². The molecule has 1 atom stereocenters. The number of ether oxygens (including phenoxy) is 2. The molecule has 0 amide bonds. The molecule has 5 aromatic rings. The summed E-state index contributed by atoms with van der Waals surface area (Å²) < 4.78 is 12.7. The van der Waals surface area contributed by atoms with E-state index in [-0.39, 0.29) is 5.92 Å². The van der Waals surface area contributed by atoms with Gasteiger partial charge in [0, 0.05) is 20.1 Å². The van der Waals surface area contributed by atoms with E-state index in [0.717, 1.165) is 5.57 Å². The second-order valence-corrected chi connectivity index (χ2v) is 16.3. The Labute approximate surface area is 277 Å². The van der Waals surface area contributed by atoms with Gasteiger partial charge in [0.25, 0.3) is 0 Å². The predicted molar refractivity (Wildman–Crippen MR) is 200 cm³/mol. The molecule has 5 aromatic carbocycles. The van der Waals surface area contributed by atoms with Gasteiger partial charge in [-0.05, 0) is 96.8 Å². The van der Waals surface area contributed by atoms with Crippen LogP contribution in [0.15, 0.2) is 150 Å². The van der Waals surface area contributed by atoms with Crippen molar-refractivity contribution in [3.05, 3.63) is 167 Å². The first-order chi connectivity index (χ1) is 22.4. The van der Waals surface area contributed by atoms with E-state index in [1.807, 2.05) is 0 Å². The molecule has 232 valence electrons. The highest BCUT2D eigenvalue weighted by Gasteiger charge is 2.46. The maximum Gasteiger partial charge on any atom is 0.197 e. The summed E-state index contributed by atoms with van der Waals surface area (Å²) in [5.41, 5.74) is 6.25. The van der Waals surface area contributed by atoms with E-state index in [1.165, 1.54) is 54.1 Å². The SMILES string of the molecule is COC1(OC)C(C)=CC(P(c2ccccc2)c2ccccc2)=C(c2c(C)cc(C)cc2P(c2ccccc2)c2ccccc2)C1C. The summed E-state index contributed by atoms with van der Waals surface area (Å²) in [6.07, 6.45) is 2.38. The molecule has 0 aromatic heterocycles. The highest BCUT2D eigenvalue weighted by Crippen LogP contribution is 2.56. The first-order valence-electron chi connectivity index (χ1n) is 15.8. The van der Waals surface area contributed by atoms with Gasteiger partial charge in [-0.3, -0.25) is 0 Å². The molecular formula is C42H42O2P2. The van der Waals surface area contributed by atoms with Gasteiger partial charge in [-0.15, -0.1) is 0 Å². The minimum absolute atomic E-state index is 0.0801. The number of aryl methyl sites for hydroxylation is 2. The fourth-order valence-corrected chi connectivity index (χ4v) is 12.4. The molecule has 0 heterocycles. The van der Waals surface area contributed by atoms with Crippen molar-refractivity contribution in [2.45, 2.75) is 33.5 Å².